The van der Waals surface area contributed by atoms with Crippen molar-refractivity contribution in [2.24, 2.45) is 5.92 Å². The molecule has 1 rings (SSSR count). The minimum Gasteiger partial charge on any atom is -0.178 e. The maximum absolute atomic E-state index is 4.27. The molecule has 0 fully saturated rings. The third-order valence-corrected chi connectivity index (χ3v) is 2.75. The van der Waals surface area contributed by atoms with Gasteiger partial charge in [0.25, 0.3) is 0 Å². The van der Waals surface area contributed by atoms with Gasteiger partial charge in [-0.25, -0.2) is 0 Å². The molecular weight excluding hydrogens is 156 g/mol. The first-order chi connectivity index (χ1) is 5.13. The molecule has 1 unspecified atom stereocenters. The van der Waals surface area contributed by atoms with Crippen molar-refractivity contribution in [1.82, 2.24) is 8.75 Å². The zero-order valence-electron chi connectivity index (χ0n) is 7.46. The van der Waals surface area contributed by atoms with E-state index >= 15 is 0 Å². The van der Waals surface area contributed by atoms with E-state index < -0.39 is 0 Å². The van der Waals surface area contributed by atoms with Gasteiger partial charge in [0, 0.05) is 5.92 Å². The van der Waals surface area contributed by atoms with Crippen LogP contribution >= 0.6 is 11.7 Å². The molecular formula is C8H14N2S. The van der Waals surface area contributed by atoms with Gasteiger partial charge in [0.15, 0.2) is 0 Å². The monoisotopic (exact) mass is 170 g/mol. The molecule has 0 aromatic carbocycles. The van der Waals surface area contributed by atoms with Gasteiger partial charge in [-0.15, -0.1) is 0 Å². The first kappa shape index (κ1) is 8.65. The van der Waals surface area contributed by atoms with E-state index in [1.807, 2.05) is 6.92 Å². The number of aryl methyl sites for hydroxylation is 1. The van der Waals surface area contributed by atoms with Crippen LogP contribution in [0.25, 0.3) is 0 Å². The van der Waals surface area contributed by atoms with Crippen LogP contribution < -0.4 is 0 Å². The van der Waals surface area contributed by atoms with Crippen LogP contribution in [0.2, 0.25) is 0 Å². The highest BCUT2D eigenvalue weighted by Crippen LogP contribution is 2.24. The van der Waals surface area contributed by atoms with Crippen LogP contribution in [0.4, 0.5) is 0 Å². The molecule has 1 aromatic rings. The van der Waals surface area contributed by atoms with Crippen molar-refractivity contribution in [3.63, 3.8) is 0 Å². The lowest BCUT2D eigenvalue weighted by Gasteiger charge is -2.12. The lowest BCUT2D eigenvalue weighted by molar-refractivity contribution is 0.524. The SMILES string of the molecule is Cc1nsnc1C(C)C(C)C. The number of aromatic nitrogens is 2. The normalized spacial score (nSPS) is 13.9. The molecule has 0 bridgehead atoms. The molecule has 0 amide bonds. The molecule has 0 N–H and O–H groups in total. The van der Waals surface area contributed by atoms with Gasteiger partial charge in [-0.05, 0) is 12.8 Å². The van der Waals surface area contributed by atoms with Crippen LogP contribution in [0.3, 0.4) is 0 Å². The van der Waals surface area contributed by atoms with Crippen LogP contribution in [0.1, 0.15) is 38.1 Å². The number of rotatable bonds is 2. The fourth-order valence-electron chi connectivity index (χ4n) is 0.967. The molecule has 0 radical (unpaired) electrons. The summed E-state index contributed by atoms with van der Waals surface area (Å²) in [5.74, 6) is 1.19. The lowest BCUT2D eigenvalue weighted by Crippen LogP contribution is -2.03. The van der Waals surface area contributed by atoms with Crippen molar-refractivity contribution in [2.75, 3.05) is 0 Å². The average molecular weight is 170 g/mol. The lowest BCUT2D eigenvalue weighted by atomic mass is 9.94. The van der Waals surface area contributed by atoms with E-state index in [1.165, 1.54) is 17.4 Å². The van der Waals surface area contributed by atoms with Crippen LogP contribution in [0, 0.1) is 12.8 Å². The molecule has 0 aliphatic carbocycles. The fraction of sp³-hybridized carbons (Fsp3) is 0.750. The summed E-state index contributed by atoms with van der Waals surface area (Å²) in [7, 11) is 0. The second-order valence-electron chi connectivity index (χ2n) is 3.27. The van der Waals surface area contributed by atoms with Crippen molar-refractivity contribution in [1.29, 1.82) is 0 Å². The smallest absolute Gasteiger partial charge is 0.0802 e. The van der Waals surface area contributed by atoms with E-state index in [1.54, 1.807) is 0 Å². The third kappa shape index (κ3) is 1.77. The number of hydrogen-bond donors (Lipinski definition) is 0. The summed E-state index contributed by atoms with van der Waals surface area (Å²) < 4.78 is 8.42. The number of hydrogen-bond acceptors (Lipinski definition) is 3. The zero-order chi connectivity index (χ0) is 8.43. The Bertz CT molecular complexity index is 230. The summed E-state index contributed by atoms with van der Waals surface area (Å²) in [4.78, 5) is 0. The van der Waals surface area contributed by atoms with E-state index in [4.69, 9.17) is 0 Å². The average Bonchev–Trinajstić information content (AvgIpc) is 2.33. The minimum atomic E-state index is 0.536. The Kier molecular flexibility index (Phi) is 2.60. The van der Waals surface area contributed by atoms with Gasteiger partial charge in [0.05, 0.1) is 23.1 Å². The summed E-state index contributed by atoms with van der Waals surface area (Å²) in [6, 6.07) is 0. The summed E-state index contributed by atoms with van der Waals surface area (Å²) in [5.41, 5.74) is 2.27. The minimum absolute atomic E-state index is 0.536. The maximum atomic E-state index is 4.27. The quantitative estimate of drug-likeness (QED) is 0.682. The molecule has 11 heavy (non-hydrogen) atoms. The zero-order valence-corrected chi connectivity index (χ0v) is 8.27. The molecule has 1 heterocycles. The van der Waals surface area contributed by atoms with E-state index in [2.05, 4.69) is 29.5 Å². The van der Waals surface area contributed by atoms with Crippen molar-refractivity contribution < 1.29 is 0 Å². The van der Waals surface area contributed by atoms with Gasteiger partial charge in [-0.3, -0.25) is 0 Å². The summed E-state index contributed by atoms with van der Waals surface area (Å²) in [6.45, 7) is 8.65. The van der Waals surface area contributed by atoms with Crippen molar-refractivity contribution in [2.45, 2.75) is 33.6 Å². The largest absolute Gasteiger partial charge is 0.178 e. The molecule has 3 heteroatoms. The van der Waals surface area contributed by atoms with E-state index in [0.717, 1.165) is 5.69 Å². The third-order valence-electron chi connectivity index (χ3n) is 2.12. The Hall–Kier alpha value is -0.440. The Labute approximate surface area is 72.0 Å². The fourth-order valence-corrected chi connectivity index (χ4v) is 1.61. The highest BCUT2D eigenvalue weighted by molar-refractivity contribution is 6.99. The first-order valence-electron chi connectivity index (χ1n) is 3.92. The molecule has 62 valence electrons. The van der Waals surface area contributed by atoms with E-state index in [-0.39, 0.29) is 0 Å². The summed E-state index contributed by atoms with van der Waals surface area (Å²) in [5, 5.41) is 0. The van der Waals surface area contributed by atoms with Gasteiger partial charge in [-0.2, -0.15) is 8.75 Å². The van der Waals surface area contributed by atoms with E-state index in [9.17, 15) is 0 Å². The number of nitrogens with zero attached hydrogens (tertiary/aromatic N) is 2. The van der Waals surface area contributed by atoms with Crippen LogP contribution in [-0.2, 0) is 0 Å². The van der Waals surface area contributed by atoms with Crippen LogP contribution in [0.15, 0.2) is 0 Å². The first-order valence-corrected chi connectivity index (χ1v) is 4.65. The van der Waals surface area contributed by atoms with Gasteiger partial charge < -0.3 is 0 Å². The Morgan fingerprint density at radius 1 is 1.18 bits per heavy atom. The van der Waals surface area contributed by atoms with Gasteiger partial charge >= 0.3 is 0 Å². The predicted octanol–water partition coefficient (Wildman–Crippen LogP) is 2.61. The standard InChI is InChI=1S/C8H14N2S/c1-5(2)6(3)8-7(4)9-11-10-8/h5-6H,1-4H3. The topological polar surface area (TPSA) is 25.8 Å². The second kappa shape index (κ2) is 3.30. The highest BCUT2D eigenvalue weighted by Gasteiger charge is 2.15. The highest BCUT2D eigenvalue weighted by atomic mass is 32.1. The molecule has 0 saturated heterocycles. The second-order valence-corrected chi connectivity index (χ2v) is 3.80. The van der Waals surface area contributed by atoms with Gasteiger partial charge in [-0.1, -0.05) is 20.8 Å². The maximum Gasteiger partial charge on any atom is 0.0802 e. The molecule has 1 aromatic heterocycles. The van der Waals surface area contributed by atoms with Crippen molar-refractivity contribution >= 4 is 11.7 Å². The molecule has 0 spiro atoms. The predicted molar refractivity (Wildman–Crippen MR) is 47.9 cm³/mol. The van der Waals surface area contributed by atoms with E-state index in [0.29, 0.717) is 11.8 Å². The summed E-state index contributed by atoms with van der Waals surface area (Å²) in [6.07, 6.45) is 0. The van der Waals surface area contributed by atoms with Gasteiger partial charge in [0.1, 0.15) is 0 Å². The summed E-state index contributed by atoms with van der Waals surface area (Å²) >= 11 is 1.31. The molecule has 0 aliphatic rings. The Morgan fingerprint density at radius 2 is 1.82 bits per heavy atom. The van der Waals surface area contributed by atoms with Crippen LogP contribution in [0.5, 0.6) is 0 Å². The molecule has 2 nitrogen and oxygen atoms in total. The van der Waals surface area contributed by atoms with Crippen molar-refractivity contribution in [3.8, 4) is 0 Å². The molecule has 0 aliphatic heterocycles. The van der Waals surface area contributed by atoms with Crippen LogP contribution in [-0.4, -0.2) is 8.75 Å². The van der Waals surface area contributed by atoms with Crippen molar-refractivity contribution in [3.05, 3.63) is 11.4 Å². The molecule has 0 saturated carbocycles. The molecule has 1 atom stereocenters. The van der Waals surface area contributed by atoms with Gasteiger partial charge in [0.2, 0.25) is 0 Å². The Balaban J connectivity index is 2.84. The Morgan fingerprint density at radius 3 is 2.18 bits per heavy atom.